The van der Waals surface area contributed by atoms with Gasteiger partial charge in [0.25, 0.3) is 5.91 Å². The Labute approximate surface area is 132 Å². The Morgan fingerprint density at radius 3 is 2.50 bits per heavy atom. The van der Waals surface area contributed by atoms with Gasteiger partial charge in [-0.3, -0.25) is 9.59 Å². The summed E-state index contributed by atoms with van der Waals surface area (Å²) in [4.78, 5) is 28.3. The number of amides is 2. The van der Waals surface area contributed by atoms with Crippen molar-refractivity contribution in [2.45, 2.75) is 32.6 Å². The number of rotatable bonds is 5. The molecule has 22 heavy (non-hydrogen) atoms. The average molecular weight is 303 g/mol. The molecule has 1 fully saturated rings. The summed E-state index contributed by atoms with van der Waals surface area (Å²) in [6.07, 6.45) is 3.43. The van der Waals surface area contributed by atoms with Gasteiger partial charge in [-0.15, -0.1) is 0 Å². The standard InChI is InChI=1S/C17H25N3O2/c1-4-7-16(21)18-13-8-9-15(19(2)3)14(12-13)17(22)20-10-5-6-11-20/h8-9,12H,4-7,10-11H2,1-3H3,(H,18,21). The van der Waals surface area contributed by atoms with Gasteiger partial charge in [0.2, 0.25) is 5.91 Å². The van der Waals surface area contributed by atoms with Crippen LogP contribution in [0.5, 0.6) is 0 Å². The predicted molar refractivity (Wildman–Crippen MR) is 89.4 cm³/mol. The molecule has 1 aromatic rings. The van der Waals surface area contributed by atoms with Crippen molar-refractivity contribution in [3.8, 4) is 0 Å². The van der Waals surface area contributed by atoms with Crippen LogP contribution in [0.3, 0.4) is 0 Å². The number of carbonyl (C=O) groups excluding carboxylic acids is 2. The van der Waals surface area contributed by atoms with Crippen molar-refractivity contribution in [2.24, 2.45) is 0 Å². The topological polar surface area (TPSA) is 52.7 Å². The summed E-state index contributed by atoms with van der Waals surface area (Å²) in [5.74, 6) is 0.0347. The minimum atomic E-state index is -0.0142. The fourth-order valence-electron chi connectivity index (χ4n) is 2.72. The lowest BCUT2D eigenvalue weighted by Gasteiger charge is -2.22. The second-order valence-electron chi connectivity index (χ2n) is 5.92. The summed E-state index contributed by atoms with van der Waals surface area (Å²) in [5, 5.41) is 2.87. The number of hydrogen-bond donors (Lipinski definition) is 1. The molecule has 1 saturated heterocycles. The van der Waals surface area contributed by atoms with Gasteiger partial charge in [-0.25, -0.2) is 0 Å². The predicted octanol–water partition coefficient (Wildman–Crippen LogP) is 2.73. The maximum Gasteiger partial charge on any atom is 0.256 e. The van der Waals surface area contributed by atoms with Crippen molar-refractivity contribution in [1.82, 2.24) is 4.90 Å². The molecule has 0 aromatic heterocycles. The van der Waals surface area contributed by atoms with Crippen LogP contribution in [0.25, 0.3) is 0 Å². The zero-order chi connectivity index (χ0) is 16.1. The lowest BCUT2D eigenvalue weighted by atomic mass is 10.1. The lowest BCUT2D eigenvalue weighted by Crippen LogP contribution is -2.29. The summed E-state index contributed by atoms with van der Waals surface area (Å²) >= 11 is 0. The van der Waals surface area contributed by atoms with Crippen molar-refractivity contribution < 1.29 is 9.59 Å². The molecule has 1 heterocycles. The Balaban J connectivity index is 2.27. The quantitative estimate of drug-likeness (QED) is 0.910. The van der Waals surface area contributed by atoms with E-state index in [2.05, 4.69) is 5.32 Å². The average Bonchev–Trinajstić information content (AvgIpc) is 3.00. The summed E-state index contributed by atoms with van der Waals surface area (Å²) in [6, 6.07) is 5.54. The van der Waals surface area contributed by atoms with E-state index < -0.39 is 0 Å². The maximum atomic E-state index is 12.7. The third kappa shape index (κ3) is 3.78. The maximum absolute atomic E-state index is 12.7. The van der Waals surface area contributed by atoms with Crippen molar-refractivity contribution in [1.29, 1.82) is 0 Å². The van der Waals surface area contributed by atoms with Gasteiger partial charge < -0.3 is 15.1 Å². The molecule has 0 saturated carbocycles. The molecular formula is C17H25N3O2. The second kappa shape index (κ2) is 7.29. The van der Waals surface area contributed by atoms with Gasteiger partial charge in [0.15, 0.2) is 0 Å². The zero-order valence-electron chi connectivity index (χ0n) is 13.7. The summed E-state index contributed by atoms with van der Waals surface area (Å²) in [7, 11) is 3.84. The monoisotopic (exact) mass is 303 g/mol. The highest BCUT2D eigenvalue weighted by atomic mass is 16.2. The fraction of sp³-hybridized carbons (Fsp3) is 0.529. The van der Waals surface area contributed by atoms with E-state index in [4.69, 9.17) is 0 Å². The number of likely N-dealkylation sites (tertiary alicyclic amines) is 1. The van der Waals surface area contributed by atoms with E-state index in [9.17, 15) is 9.59 Å². The molecule has 1 aliphatic heterocycles. The molecule has 2 rings (SSSR count). The van der Waals surface area contributed by atoms with E-state index in [1.165, 1.54) is 0 Å². The van der Waals surface area contributed by atoms with Gasteiger partial charge in [0.05, 0.1) is 5.56 Å². The first-order valence-electron chi connectivity index (χ1n) is 7.93. The number of nitrogens with one attached hydrogen (secondary N) is 1. The Morgan fingerprint density at radius 1 is 1.23 bits per heavy atom. The van der Waals surface area contributed by atoms with Crippen LogP contribution < -0.4 is 10.2 Å². The van der Waals surface area contributed by atoms with Crippen LogP contribution >= 0.6 is 0 Å². The van der Waals surface area contributed by atoms with Crippen LogP contribution in [0, 0.1) is 0 Å². The first-order chi connectivity index (χ1) is 10.5. The number of benzene rings is 1. The van der Waals surface area contributed by atoms with Gasteiger partial charge in [-0.05, 0) is 37.5 Å². The molecule has 2 amide bonds. The molecule has 1 aromatic carbocycles. The van der Waals surface area contributed by atoms with Gasteiger partial charge in [-0.1, -0.05) is 6.92 Å². The molecule has 0 aliphatic carbocycles. The van der Waals surface area contributed by atoms with E-state index in [0.29, 0.717) is 17.7 Å². The molecule has 5 nitrogen and oxygen atoms in total. The Morgan fingerprint density at radius 2 is 1.91 bits per heavy atom. The molecule has 0 unspecified atom stereocenters. The second-order valence-corrected chi connectivity index (χ2v) is 5.92. The van der Waals surface area contributed by atoms with Crippen LogP contribution in [0.2, 0.25) is 0 Å². The Bertz CT molecular complexity index is 549. The number of carbonyl (C=O) groups is 2. The molecule has 120 valence electrons. The normalized spacial score (nSPS) is 14.0. The molecule has 0 atom stereocenters. The van der Waals surface area contributed by atoms with E-state index in [1.54, 1.807) is 6.07 Å². The molecule has 0 radical (unpaired) electrons. The van der Waals surface area contributed by atoms with Crippen molar-refractivity contribution >= 4 is 23.2 Å². The highest BCUT2D eigenvalue weighted by Gasteiger charge is 2.23. The number of anilines is 2. The summed E-state index contributed by atoms with van der Waals surface area (Å²) < 4.78 is 0. The SMILES string of the molecule is CCCC(=O)Nc1ccc(N(C)C)c(C(=O)N2CCCC2)c1. The van der Waals surface area contributed by atoms with E-state index in [0.717, 1.165) is 38.0 Å². The van der Waals surface area contributed by atoms with Crippen LogP contribution in [0.15, 0.2) is 18.2 Å². The third-order valence-corrected chi connectivity index (χ3v) is 3.86. The largest absolute Gasteiger partial charge is 0.377 e. The number of hydrogen-bond acceptors (Lipinski definition) is 3. The minimum Gasteiger partial charge on any atom is -0.377 e. The van der Waals surface area contributed by atoms with Gasteiger partial charge in [0, 0.05) is 45.0 Å². The van der Waals surface area contributed by atoms with Crippen molar-refractivity contribution in [2.75, 3.05) is 37.4 Å². The molecule has 1 aliphatic rings. The van der Waals surface area contributed by atoms with Gasteiger partial charge in [0.1, 0.15) is 0 Å². The van der Waals surface area contributed by atoms with E-state index in [-0.39, 0.29) is 11.8 Å². The van der Waals surface area contributed by atoms with Gasteiger partial charge >= 0.3 is 0 Å². The fourth-order valence-corrected chi connectivity index (χ4v) is 2.72. The number of nitrogens with zero attached hydrogens (tertiary/aromatic N) is 2. The first kappa shape index (κ1) is 16.3. The molecule has 0 bridgehead atoms. The molecule has 0 spiro atoms. The zero-order valence-corrected chi connectivity index (χ0v) is 13.7. The highest BCUT2D eigenvalue weighted by molar-refractivity contribution is 6.02. The smallest absolute Gasteiger partial charge is 0.256 e. The highest BCUT2D eigenvalue weighted by Crippen LogP contribution is 2.26. The first-order valence-corrected chi connectivity index (χ1v) is 7.93. The van der Waals surface area contributed by atoms with E-state index in [1.807, 2.05) is 43.0 Å². The van der Waals surface area contributed by atoms with Crippen LogP contribution in [0.1, 0.15) is 43.0 Å². The van der Waals surface area contributed by atoms with E-state index >= 15 is 0 Å². The van der Waals surface area contributed by atoms with Crippen LogP contribution in [-0.2, 0) is 4.79 Å². The Kier molecular flexibility index (Phi) is 5.41. The van der Waals surface area contributed by atoms with Crippen molar-refractivity contribution in [3.63, 3.8) is 0 Å². The lowest BCUT2D eigenvalue weighted by molar-refractivity contribution is -0.116. The molecular weight excluding hydrogens is 278 g/mol. The van der Waals surface area contributed by atoms with Crippen molar-refractivity contribution in [3.05, 3.63) is 23.8 Å². The van der Waals surface area contributed by atoms with Gasteiger partial charge in [-0.2, -0.15) is 0 Å². The molecule has 1 N–H and O–H groups in total. The summed E-state index contributed by atoms with van der Waals surface area (Å²) in [6.45, 7) is 3.60. The summed E-state index contributed by atoms with van der Waals surface area (Å²) in [5.41, 5.74) is 2.22. The third-order valence-electron chi connectivity index (χ3n) is 3.86. The Hall–Kier alpha value is -2.04. The van der Waals surface area contributed by atoms with Crippen LogP contribution in [-0.4, -0.2) is 43.9 Å². The molecule has 5 heteroatoms. The van der Waals surface area contributed by atoms with Crippen LogP contribution in [0.4, 0.5) is 11.4 Å². The minimum absolute atomic E-state index is 0.0142.